The molecule has 0 radical (unpaired) electrons. The number of rotatable bonds is 12. The minimum atomic E-state index is 0.794. The first kappa shape index (κ1) is 15.2. The van der Waals surface area contributed by atoms with Crippen LogP contribution < -0.4 is 5.32 Å². The Kier molecular flexibility index (Phi) is 14.4. The van der Waals surface area contributed by atoms with Gasteiger partial charge in [0.1, 0.15) is 0 Å². The summed E-state index contributed by atoms with van der Waals surface area (Å²) in [5.74, 6) is 1.27. The van der Waals surface area contributed by atoms with E-state index in [2.05, 4.69) is 11.6 Å². The fraction of sp³-hybridized carbons (Fsp3) is 1.00. The Balaban J connectivity index is 2.81. The molecule has 0 fully saturated rings. The fourth-order valence-electron chi connectivity index (χ4n) is 1.17. The van der Waals surface area contributed by atoms with Gasteiger partial charge in [0.15, 0.2) is 0 Å². The number of methoxy groups -OCH3 is 1. The maximum Gasteiger partial charge on any atom is 0.0590 e. The molecule has 15 heavy (non-hydrogen) atoms. The molecule has 0 unspecified atom stereocenters. The summed E-state index contributed by atoms with van der Waals surface area (Å²) in [6.07, 6.45) is 5.72. The number of hydrogen-bond donors (Lipinski definition) is 1. The molecule has 0 aromatic rings. The van der Waals surface area contributed by atoms with Crippen molar-refractivity contribution in [1.82, 2.24) is 5.32 Å². The van der Waals surface area contributed by atoms with Crippen LogP contribution >= 0.6 is 11.8 Å². The number of ether oxygens (including phenoxy) is 2. The lowest BCUT2D eigenvalue weighted by Gasteiger charge is -2.05. The lowest BCUT2D eigenvalue weighted by Crippen LogP contribution is -2.21. The van der Waals surface area contributed by atoms with E-state index in [9.17, 15) is 0 Å². The van der Waals surface area contributed by atoms with E-state index in [-0.39, 0.29) is 0 Å². The van der Waals surface area contributed by atoms with Crippen LogP contribution in [0.3, 0.4) is 0 Å². The molecule has 0 aliphatic heterocycles. The summed E-state index contributed by atoms with van der Waals surface area (Å²) in [5.41, 5.74) is 0. The van der Waals surface area contributed by atoms with Crippen molar-refractivity contribution < 1.29 is 9.47 Å². The molecule has 0 aromatic carbocycles. The lowest BCUT2D eigenvalue weighted by molar-refractivity contribution is 0.104. The largest absolute Gasteiger partial charge is 0.385 e. The maximum absolute atomic E-state index is 5.42. The first-order valence-electron chi connectivity index (χ1n) is 5.68. The molecular formula is C11H25NO2S. The zero-order chi connectivity index (χ0) is 11.2. The Hall–Kier alpha value is 0.230. The van der Waals surface area contributed by atoms with E-state index in [4.69, 9.17) is 9.47 Å². The summed E-state index contributed by atoms with van der Waals surface area (Å²) in [5, 5.41) is 3.37. The van der Waals surface area contributed by atoms with Gasteiger partial charge in [-0.2, -0.15) is 11.8 Å². The minimum Gasteiger partial charge on any atom is -0.385 e. The molecular weight excluding hydrogens is 210 g/mol. The van der Waals surface area contributed by atoms with Gasteiger partial charge in [-0.15, -0.1) is 0 Å². The van der Waals surface area contributed by atoms with Crippen LogP contribution in [0.1, 0.15) is 19.3 Å². The molecule has 0 aliphatic carbocycles. The lowest BCUT2D eigenvalue weighted by atomic mass is 10.3. The van der Waals surface area contributed by atoms with Gasteiger partial charge in [-0.3, -0.25) is 0 Å². The van der Waals surface area contributed by atoms with Crippen molar-refractivity contribution in [3.63, 3.8) is 0 Å². The van der Waals surface area contributed by atoms with Crippen molar-refractivity contribution in [2.75, 3.05) is 52.0 Å². The molecule has 0 saturated carbocycles. The third-order valence-electron chi connectivity index (χ3n) is 2.01. The second-order valence-corrected chi connectivity index (χ2v) is 4.39. The van der Waals surface area contributed by atoms with E-state index >= 15 is 0 Å². The molecule has 0 atom stereocenters. The molecule has 0 heterocycles. The highest BCUT2D eigenvalue weighted by Gasteiger charge is 1.90. The first-order valence-corrected chi connectivity index (χ1v) is 7.07. The predicted molar refractivity (Wildman–Crippen MR) is 67.8 cm³/mol. The van der Waals surface area contributed by atoms with Crippen molar-refractivity contribution in [1.29, 1.82) is 0 Å². The van der Waals surface area contributed by atoms with Crippen molar-refractivity contribution in [2.24, 2.45) is 0 Å². The normalized spacial score (nSPS) is 10.8. The fourth-order valence-corrected chi connectivity index (χ4v) is 1.67. The van der Waals surface area contributed by atoms with Crippen LogP contribution in [-0.2, 0) is 9.47 Å². The van der Waals surface area contributed by atoms with Gasteiger partial charge >= 0.3 is 0 Å². The molecule has 0 rings (SSSR count). The van der Waals surface area contributed by atoms with Crippen LogP contribution in [0, 0.1) is 0 Å². The molecule has 0 saturated heterocycles. The average Bonchev–Trinajstić information content (AvgIpc) is 2.26. The second-order valence-electron chi connectivity index (χ2n) is 3.41. The summed E-state index contributed by atoms with van der Waals surface area (Å²) >= 11 is 1.92. The van der Waals surface area contributed by atoms with Gasteiger partial charge in [0.05, 0.1) is 6.61 Å². The zero-order valence-corrected chi connectivity index (χ0v) is 10.9. The Bertz CT molecular complexity index is 103. The highest BCUT2D eigenvalue weighted by molar-refractivity contribution is 7.98. The molecule has 3 nitrogen and oxygen atoms in total. The summed E-state index contributed by atoms with van der Waals surface area (Å²) in [6.45, 7) is 4.49. The predicted octanol–water partition coefficient (Wildman–Crippen LogP) is 1.77. The van der Waals surface area contributed by atoms with Crippen LogP contribution in [-0.4, -0.2) is 52.0 Å². The number of thioether (sulfide) groups is 1. The molecule has 0 bridgehead atoms. The third-order valence-corrected chi connectivity index (χ3v) is 2.71. The Morgan fingerprint density at radius 1 is 1.00 bits per heavy atom. The highest BCUT2D eigenvalue weighted by Crippen LogP contribution is 1.97. The first-order chi connectivity index (χ1) is 7.41. The minimum absolute atomic E-state index is 0.794. The zero-order valence-electron chi connectivity index (χ0n) is 10.1. The number of nitrogens with one attached hydrogen (secondary N) is 1. The number of hydrogen-bond acceptors (Lipinski definition) is 4. The van der Waals surface area contributed by atoms with E-state index in [0.717, 1.165) is 39.3 Å². The van der Waals surface area contributed by atoms with Crippen LogP contribution in [0.4, 0.5) is 0 Å². The van der Waals surface area contributed by atoms with Gasteiger partial charge in [0, 0.05) is 26.9 Å². The molecule has 0 aliphatic rings. The SMILES string of the molecule is COCCCOCCNCCCCSC. The van der Waals surface area contributed by atoms with E-state index in [0.29, 0.717) is 0 Å². The van der Waals surface area contributed by atoms with Gasteiger partial charge in [-0.25, -0.2) is 0 Å². The van der Waals surface area contributed by atoms with E-state index < -0.39 is 0 Å². The second kappa shape index (κ2) is 14.2. The summed E-state index contributed by atoms with van der Waals surface area (Å²) in [4.78, 5) is 0. The molecule has 0 spiro atoms. The van der Waals surface area contributed by atoms with Crippen LogP contribution in [0.5, 0.6) is 0 Å². The topological polar surface area (TPSA) is 30.5 Å². The van der Waals surface area contributed by atoms with E-state index in [1.54, 1.807) is 7.11 Å². The Labute approximate surface area is 98.3 Å². The summed E-state index contributed by atoms with van der Waals surface area (Å²) in [6, 6.07) is 0. The van der Waals surface area contributed by atoms with Crippen LogP contribution in [0.2, 0.25) is 0 Å². The Morgan fingerprint density at radius 2 is 1.87 bits per heavy atom. The van der Waals surface area contributed by atoms with Gasteiger partial charge in [-0.05, 0) is 37.8 Å². The Morgan fingerprint density at radius 3 is 2.60 bits per heavy atom. The third kappa shape index (κ3) is 14.2. The summed E-state index contributed by atoms with van der Waals surface area (Å²) < 4.78 is 10.3. The van der Waals surface area contributed by atoms with Crippen molar-refractivity contribution in [3.05, 3.63) is 0 Å². The van der Waals surface area contributed by atoms with E-state index in [1.807, 2.05) is 11.8 Å². The molecule has 1 N–H and O–H groups in total. The maximum atomic E-state index is 5.42. The molecule has 0 amide bonds. The monoisotopic (exact) mass is 235 g/mol. The van der Waals surface area contributed by atoms with Crippen LogP contribution in [0.15, 0.2) is 0 Å². The van der Waals surface area contributed by atoms with Crippen molar-refractivity contribution >= 4 is 11.8 Å². The van der Waals surface area contributed by atoms with Crippen molar-refractivity contribution in [2.45, 2.75) is 19.3 Å². The molecule has 4 heteroatoms. The summed E-state index contributed by atoms with van der Waals surface area (Å²) in [7, 11) is 1.72. The van der Waals surface area contributed by atoms with Crippen molar-refractivity contribution in [3.8, 4) is 0 Å². The van der Waals surface area contributed by atoms with Gasteiger partial charge in [0.25, 0.3) is 0 Å². The quantitative estimate of drug-likeness (QED) is 0.522. The average molecular weight is 235 g/mol. The van der Waals surface area contributed by atoms with Gasteiger partial charge in [0.2, 0.25) is 0 Å². The van der Waals surface area contributed by atoms with Gasteiger partial charge < -0.3 is 14.8 Å². The van der Waals surface area contributed by atoms with E-state index in [1.165, 1.54) is 18.6 Å². The molecule has 0 aromatic heterocycles. The van der Waals surface area contributed by atoms with Gasteiger partial charge in [-0.1, -0.05) is 0 Å². The van der Waals surface area contributed by atoms with Crippen LogP contribution in [0.25, 0.3) is 0 Å². The smallest absolute Gasteiger partial charge is 0.0590 e. The molecule has 92 valence electrons. The highest BCUT2D eigenvalue weighted by atomic mass is 32.2. The standard InChI is InChI=1S/C11H25NO2S/c1-13-8-5-9-14-10-7-12-6-3-4-11-15-2/h12H,3-11H2,1-2H3. The number of unbranched alkanes of at least 4 members (excludes halogenated alkanes) is 1.